The van der Waals surface area contributed by atoms with Crippen LogP contribution >= 0.6 is 0 Å². The second-order valence-corrected chi connectivity index (χ2v) is 7.46. The first-order valence-electron chi connectivity index (χ1n) is 8.74. The largest absolute Gasteiger partial charge is 0.444 e. The quantitative estimate of drug-likeness (QED) is 0.685. The first-order valence-corrected chi connectivity index (χ1v) is 8.74. The first kappa shape index (κ1) is 20.2. The van der Waals surface area contributed by atoms with Gasteiger partial charge < -0.3 is 4.74 Å². The molecule has 0 aromatic heterocycles. The van der Waals surface area contributed by atoms with Gasteiger partial charge in [0.15, 0.2) is 5.78 Å². The number of nitrogens with zero attached hydrogens (tertiary/aromatic N) is 1. The summed E-state index contributed by atoms with van der Waals surface area (Å²) in [6.07, 6.45) is 2.15. The number of rotatable bonds is 8. The predicted octanol–water partition coefficient (Wildman–Crippen LogP) is 4.82. The highest BCUT2D eigenvalue weighted by Gasteiger charge is 2.24. The van der Waals surface area contributed by atoms with Crippen LogP contribution in [0.4, 0.5) is 4.79 Å². The Labute approximate surface area is 146 Å². The Morgan fingerprint density at radius 3 is 2.33 bits per heavy atom. The van der Waals surface area contributed by atoms with Crippen LogP contribution in [-0.2, 0) is 16.1 Å². The summed E-state index contributed by atoms with van der Waals surface area (Å²) in [5, 5.41) is 0. The van der Waals surface area contributed by atoms with Crippen molar-refractivity contribution in [2.45, 2.75) is 66.0 Å². The van der Waals surface area contributed by atoms with Crippen molar-refractivity contribution < 1.29 is 14.3 Å². The molecule has 0 radical (unpaired) electrons. The van der Waals surface area contributed by atoms with E-state index in [1.807, 2.05) is 51.1 Å². The second-order valence-electron chi connectivity index (χ2n) is 7.46. The van der Waals surface area contributed by atoms with E-state index >= 15 is 0 Å². The monoisotopic (exact) mass is 333 g/mol. The first-order chi connectivity index (χ1) is 11.2. The molecule has 0 saturated heterocycles. The van der Waals surface area contributed by atoms with Gasteiger partial charge in [-0.3, -0.25) is 9.69 Å². The van der Waals surface area contributed by atoms with Crippen LogP contribution in [0.2, 0.25) is 0 Å². The summed E-state index contributed by atoms with van der Waals surface area (Å²) in [6, 6.07) is 9.67. The fraction of sp³-hybridized carbons (Fsp3) is 0.600. The maximum absolute atomic E-state index is 12.5. The standard InChI is InChI=1S/C20H31NO3/c1-6-10-16(2)13-18(22)15-21(19(23)24-20(3,4)5)14-17-11-8-7-9-12-17/h7-9,11-12,16H,6,10,13-15H2,1-5H3. The summed E-state index contributed by atoms with van der Waals surface area (Å²) >= 11 is 0. The van der Waals surface area contributed by atoms with Gasteiger partial charge in [-0.2, -0.15) is 0 Å². The molecule has 24 heavy (non-hydrogen) atoms. The van der Waals surface area contributed by atoms with Crippen molar-refractivity contribution in [3.05, 3.63) is 35.9 Å². The lowest BCUT2D eigenvalue weighted by atomic mass is 9.99. The predicted molar refractivity (Wildman–Crippen MR) is 96.8 cm³/mol. The lowest BCUT2D eigenvalue weighted by Crippen LogP contribution is -2.39. The van der Waals surface area contributed by atoms with Gasteiger partial charge in [0, 0.05) is 13.0 Å². The molecular weight excluding hydrogens is 302 g/mol. The highest BCUT2D eigenvalue weighted by Crippen LogP contribution is 2.15. The van der Waals surface area contributed by atoms with Crippen molar-refractivity contribution in [3.8, 4) is 0 Å². The normalized spacial score (nSPS) is 12.5. The van der Waals surface area contributed by atoms with E-state index in [9.17, 15) is 9.59 Å². The molecule has 0 bridgehead atoms. The third kappa shape index (κ3) is 8.14. The molecular formula is C20H31NO3. The number of ether oxygens (including phenoxy) is 1. The van der Waals surface area contributed by atoms with Gasteiger partial charge in [-0.15, -0.1) is 0 Å². The summed E-state index contributed by atoms with van der Waals surface area (Å²) < 4.78 is 5.46. The average molecular weight is 333 g/mol. The van der Waals surface area contributed by atoms with Crippen molar-refractivity contribution in [1.82, 2.24) is 4.90 Å². The number of carbonyl (C=O) groups excluding carboxylic acids is 2. The van der Waals surface area contributed by atoms with Gasteiger partial charge in [0.2, 0.25) is 0 Å². The fourth-order valence-electron chi connectivity index (χ4n) is 2.58. The zero-order valence-electron chi connectivity index (χ0n) is 15.7. The van der Waals surface area contributed by atoms with Crippen LogP contribution in [0.25, 0.3) is 0 Å². The molecule has 1 aromatic carbocycles. The molecule has 4 heteroatoms. The SMILES string of the molecule is CCCC(C)CC(=O)CN(Cc1ccccc1)C(=O)OC(C)(C)C. The molecule has 0 fully saturated rings. The Morgan fingerprint density at radius 1 is 1.17 bits per heavy atom. The van der Waals surface area contributed by atoms with E-state index in [0.717, 1.165) is 18.4 Å². The zero-order valence-corrected chi connectivity index (χ0v) is 15.7. The molecule has 1 amide bonds. The maximum atomic E-state index is 12.5. The van der Waals surface area contributed by atoms with Crippen LogP contribution in [0.3, 0.4) is 0 Å². The number of carbonyl (C=O) groups is 2. The number of hydrogen-bond donors (Lipinski definition) is 0. The summed E-state index contributed by atoms with van der Waals surface area (Å²) in [5.41, 5.74) is 0.405. The molecule has 0 N–H and O–H groups in total. The molecule has 0 aliphatic heterocycles. The average Bonchev–Trinajstić information content (AvgIpc) is 2.46. The molecule has 1 rings (SSSR count). The zero-order chi connectivity index (χ0) is 18.2. The van der Waals surface area contributed by atoms with E-state index in [0.29, 0.717) is 18.9 Å². The number of benzene rings is 1. The van der Waals surface area contributed by atoms with Crippen LogP contribution in [0.1, 0.15) is 59.4 Å². The Hall–Kier alpha value is -1.84. The number of hydrogen-bond acceptors (Lipinski definition) is 3. The maximum Gasteiger partial charge on any atom is 0.410 e. The Morgan fingerprint density at radius 2 is 1.79 bits per heavy atom. The lowest BCUT2D eigenvalue weighted by Gasteiger charge is -2.27. The molecule has 134 valence electrons. The second kappa shape index (κ2) is 9.45. The summed E-state index contributed by atoms with van der Waals surface area (Å²) in [5.74, 6) is 0.428. The van der Waals surface area contributed by atoms with Crippen molar-refractivity contribution in [1.29, 1.82) is 0 Å². The minimum atomic E-state index is -0.579. The van der Waals surface area contributed by atoms with E-state index in [2.05, 4.69) is 13.8 Å². The Bertz CT molecular complexity index is 519. The Kier molecular flexibility index (Phi) is 7.96. The van der Waals surface area contributed by atoms with Crippen LogP contribution in [-0.4, -0.2) is 28.9 Å². The van der Waals surface area contributed by atoms with Gasteiger partial charge in [-0.25, -0.2) is 4.79 Å². The molecule has 1 atom stereocenters. The van der Waals surface area contributed by atoms with Gasteiger partial charge in [-0.1, -0.05) is 57.0 Å². The van der Waals surface area contributed by atoms with Crippen LogP contribution < -0.4 is 0 Å². The topological polar surface area (TPSA) is 46.6 Å². The van der Waals surface area contributed by atoms with Gasteiger partial charge in [0.05, 0.1) is 6.54 Å². The van der Waals surface area contributed by atoms with Crippen LogP contribution in [0.15, 0.2) is 30.3 Å². The minimum Gasteiger partial charge on any atom is -0.444 e. The Balaban J connectivity index is 2.77. The third-order valence-corrected chi connectivity index (χ3v) is 3.59. The molecule has 0 heterocycles. The lowest BCUT2D eigenvalue weighted by molar-refractivity contribution is -0.121. The van der Waals surface area contributed by atoms with Crippen molar-refractivity contribution >= 4 is 11.9 Å². The van der Waals surface area contributed by atoms with Crippen LogP contribution in [0.5, 0.6) is 0 Å². The molecule has 4 nitrogen and oxygen atoms in total. The number of Topliss-reactive ketones (excluding diaryl/α,β-unsaturated/α-hetero) is 1. The minimum absolute atomic E-state index is 0.0812. The van der Waals surface area contributed by atoms with E-state index in [1.165, 1.54) is 4.90 Å². The van der Waals surface area contributed by atoms with Gasteiger partial charge in [0.1, 0.15) is 5.60 Å². The molecule has 0 aliphatic carbocycles. The van der Waals surface area contributed by atoms with Crippen molar-refractivity contribution in [2.75, 3.05) is 6.54 Å². The molecule has 0 saturated carbocycles. The van der Waals surface area contributed by atoms with E-state index in [-0.39, 0.29) is 12.3 Å². The smallest absolute Gasteiger partial charge is 0.410 e. The van der Waals surface area contributed by atoms with E-state index in [1.54, 1.807) is 0 Å². The molecule has 0 aliphatic rings. The summed E-state index contributed by atoms with van der Waals surface area (Å²) in [7, 11) is 0. The number of amides is 1. The highest BCUT2D eigenvalue weighted by atomic mass is 16.6. The summed E-state index contributed by atoms with van der Waals surface area (Å²) in [4.78, 5) is 26.3. The fourth-order valence-corrected chi connectivity index (χ4v) is 2.58. The van der Waals surface area contributed by atoms with E-state index < -0.39 is 11.7 Å². The molecule has 0 spiro atoms. The molecule has 1 aromatic rings. The third-order valence-electron chi connectivity index (χ3n) is 3.59. The van der Waals surface area contributed by atoms with Gasteiger partial charge in [0.25, 0.3) is 0 Å². The van der Waals surface area contributed by atoms with Crippen molar-refractivity contribution in [2.24, 2.45) is 5.92 Å². The van der Waals surface area contributed by atoms with Crippen molar-refractivity contribution in [3.63, 3.8) is 0 Å². The van der Waals surface area contributed by atoms with Crippen LogP contribution in [0, 0.1) is 5.92 Å². The highest BCUT2D eigenvalue weighted by molar-refractivity contribution is 5.84. The van der Waals surface area contributed by atoms with Gasteiger partial charge >= 0.3 is 6.09 Å². The van der Waals surface area contributed by atoms with E-state index in [4.69, 9.17) is 4.74 Å². The van der Waals surface area contributed by atoms with Gasteiger partial charge in [-0.05, 0) is 32.3 Å². The molecule has 1 unspecified atom stereocenters. The number of ketones is 1. The summed E-state index contributed by atoms with van der Waals surface area (Å²) in [6.45, 7) is 10.2.